The van der Waals surface area contributed by atoms with E-state index in [0.29, 0.717) is 11.3 Å². The molecule has 0 atom stereocenters. The molecule has 0 heterocycles. The first-order valence-electron chi connectivity index (χ1n) is 7.95. The molecule has 0 spiro atoms. The molecule has 27 heavy (non-hydrogen) atoms. The Morgan fingerprint density at radius 1 is 1.00 bits per heavy atom. The molecule has 0 aliphatic carbocycles. The highest BCUT2D eigenvalue weighted by atomic mass is 16.6. The van der Waals surface area contributed by atoms with E-state index in [-0.39, 0.29) is 17.0 Å². The van der Waals surface area contributed by atoms with Gasteiger partial charge in [0.15, 0.2) is 19.0 Å². The van der Waals surface area contributed by atoms with E-state index in [1.807, 2.05) is 0 Å². The number of nitrogens with two attached hydrogens (primary N) is 1. The molecule has 8 heteroatoms. The van der Waals surface area contributed by atoms with Crippen LogP contribution in [0.25, 0.3) is 0 Å². The number of Topliss-reactive ketones (excluding diaryl/α,β-unsaturated/α-hetero) is 1. The van der Waals surface area contributed by atoms with Gasteiger partial charge in [0.05, 0.1) is 11.3 Å². The lowest BCUT2D eigenvalue weighted by Crippen LogP contribution is -2.25. The van der Waals surface area contributed by atoms with Gasteiger partial charge in [-0.15, -0.1) is 0 Å². The molecule has 3 N–H and O–H groups in total. The van der Waals surface area contributed by atoms with Crippen LogP contribution in [-0.2, 0) is 14.3 Å². The highest BCUT2D eigenvalue weighted by Crippen LogP contribution is 2.15. The Balaban J connectivity index is 1.82. The first-order chi connectivity index (χ1) is 12.9. The molecule has 140 valence electrons. The fourth-order valence-corrected chi connectivity index (χ4v) is 2.13. The number of hydrogen-bond donors (Lipinski definition) is 2. The van der Waals surface area contributed by atoms with Gasteiger partial charge < -0.3 is 20.5 Å². The normalized spacial score (nSPS) is 9.96. The number of benzene rings is 2. The number of carbonyl (C=O) groups excluding carboxylic acids is 4. The number of carbonyl (C=O) groups is 4. The zero-order chi connectivity index (χ0) is 19.8. The van der Waals surface area contributed by atoms with Crippen molar-refractivity contribution in [2.75, 3.05) is 18.5 Å². The van der Waals surface area contributed by atoms with E-state index in [9.17, 15) is 19.2 Å². The van der Waals surface area contributed by atoms with Gasteiger partial charge in [0.1, 0.15) is 5.75 Å². The lowest BCUT2D eigenvalue weighted by Gasteiger charge is -2.10. The van der Waals surface area contributed by atoms with E-state index in [2.05, 4.69) is 5.32 Å². The average Bonchev–Trinajstić information content (AvgIpc) is 2.65. The summed E-state index contributed by atoms with van der Waals surface area (Å²) in [5.74, 6) is -1.88. The van der Waals surface area contributed by atoms with Gasteiger partial charge in [-0.3, -0.25) is 14.4 Å². The van der Waals surface area contributed by atoms with Gasteiger partial charge in [0.25, 0.3) is 11.8 Å². The average molecular weight is 370 g/mol. The SMILES string of the molecule is CC(=O)c1cccc(OCC(=O)OCC(=O)Nc2ccccc2C(N)=O)c1. The number of amides is 2. The lowest BCUT2D eigenvalue weighted by atomic mass is 10.1. The van der Waals surface area contributed by atoms with Crippen molar-refractivity contribution < 1.29 is 28.7 Å². The van der Waals surface area contributed by atoms with Crippen LogP contribution in [0.3, 0.4) is 0 Å². The van der Waals surface area contributed by atoms with Crippen LogP contribution in [0, 0.1) is 0 Å². The van der Waals surface area contributed by atoms with E-state index < -0.39 is 31.0 Å². The molecule has 2 aromatic rings. The van der Waals surface area contributed by atoms with E-state index >= 15 is 0 Å². The van der Waals surface area contributed by atoms with Crippen LogP contribution in [0.4, 0.5) is 5.69 Å². The molecule has 2 aromatic carbocycles. The van der Waals surface area contributed by atoms with Gasteiger partial charge in [0, 0.05) is 5.56 Å². The maximum atomic E-state index is 11.9. The van der Waals surface area contributed by atoms with Gasteiger partial charge in [-0.05, 0) is 31.2 Å². The van der Waals surface area contributed by atoms with Crippen molar-refractivity contribution in [3.05, 3.63) is 59.7 Å². The van der Waals surface area contributed by atoms with Gasteiger partial charge in [0.2, 0.25) is 0 Å². The van der Waals surface area contributed by atoms with Crippen molar-refractivity contribution in [3.8, 4) is 5.75 Å². The molecule has 0 radical (unpaired) electrons. The maximum Gasteiger partial charge on any atom is 0.344 e. The molecule has 0 saturated heterocycles. The Bertz CT molecular complexity index is 878. The first kappa shape index (κ1) is 19.6. The number of nitrogens with one attached hydrogen (secondary N) is 1. The summed E-state index contributed by atoms with van der Waals surface area (Å²) < 4.78 is 10.1. The smallest absolute Gasteiger partial charge is 0.344 e. The minimum absolute atomic E-state index is 0.129. The van der Waals surface area contributed by atoms with Crippen molar-refractivity contribution in [1.82, 2.24) is 0 Å². The number of rotatable bonds is 8. The second kappa shape index (κ2) is 9.14. The maximum absolute atomic E-state index is 11.9. The fraction of sp³-hybridized carbons (Fsp3) is 0.158. The highest BCUT2D eigenvalue weighted by Gasteiger charge is 2.13. The summed E-state index contributed by atoms with van der Waals surface area (Å²) in [6.07, 6.45) is 0. The Labute approximate surface area is 155 Å². The van der Waals surface area contributed by atoms with Crippen LogP contribution < -0.4 is 15.8 Å². The number of primary amides is 1. The van der Waals surface area contributed by atoms with E-state index in [1.165, 1.54) is 25.1 Å². The van der Waals surface area contributed by atoms with E-state index in [4.69, 9.17) is 15.2 Å². The Kier molecular flexibility index (Phi) is 6.65. The van der Waals surface area contributed by atoms with Crippen LogP contribution >= 0.6 is 0 Å². The van der Waals surface area contributed by atoms with Crippen molar-refractivity contribution in [3.63, 3.8) is 0 Å². The summed E-state index contributed by atoms with van der Waals surface area (Å²) in [7, 11) is 0. The minimum Gasteiger partial charge on any atom is -0.482 e. The molecule has 0 unspecified atom stereocenters. The molecular formula is C19H18N2O6. The minimum atomic E-state index is -0.762. The predicted octanol–water partition coefficient (Wildman–Crippen LogP) is 1.55. The molecule has 0 aliphatic rings. The summed E-state index contributed by atoms with van der Waals surface area (Å²) in [6, 6.07) is 12.5. The predicted molar refractivity (Wildman–Crippen MR) is 96.5 cm³/mol. The number of para-hydroxylation sites is 1. The topological polar surface area (TPSA) is 125 Å². The van der Waals surface area contributed by atoms with E-state index in [1.54, 1.807) is 30.3 Å². The van der Waals surface area contributed by atoms with Gasteiger partial charge >= 0.3 is 5.97 Å². The molecule has 8 nitrogen and oxygen atoms in total. The van der Waals surface area contributed by atoms with Crippen LogP contribution in [0.15, 0.2) is 48.5 Å². The number of ketones is 1. The standard InChI is InChI=1S/C19H18N2O6/c1-12(22)13-5-4-6-14(9-13)26-11-18(24)27-10-17(23)21-16-8-3-2-7-15(16)19(20)25/h2-9H,10-11H2,1H3,(H2,20,25)(H,21,23). The monoisotopic (exact) mass is 370 g/mol. The number of anilines is 1. The molecule has 0 fully saturated rings. The van der Waals surface area contributed by atoms with Crippen LogP contribution in [0.5, 0.6) is 5.75 Å². The quantitative estimate of drug-likeness (QED) is 0.536. The van der Waals surface area contributed by atoms with Crippen LogP contribution in [0.1, 0.15) is 27.6 Å². The molecular weight excluding hydrogens is 352 g/mol. The third kappa shape index (κ3) is 5.96. The molecule has 0 aromatic heterocycles. The summed E-state index contributed by atoms with van der Waals surface area (Å²) in [5, 5.41) is 2.45. The summed E-state index contributed by atoms with van der Waals surface area (Å²) in [6.45, 7) is 0.442. The Hall–Kier alpha value is -3.68. The summed E-state index contributed by atoms with van der Waals surface area (Å²) >= 11 is 0. The fourth-order valence-electron chi connectivity index (χ4n) is 2.13. The number of ether oxygens (including phenoxy) is 2. The Morgan fingerprint density at radius 2 is 1.74 bits per heavy atom. The van der Waals surface area contributed by atoms with Crippen molar-refractivity contribution in [1.29, 1.82) is 0 Å². The zero-order valence-corrected chi connectivity index (χ0v) is 14.6. The molecule has 0 bridgehead atoms. The van der Waals surface area contributed by atoms with Crippen molar-refractivity contribution in [2.45, 2.75) is 6.92 Å². The zero-order valence-electron chi connectivity index (χ0n) is 14.6. The van der Waals surface area contributed by atoms with Gasteiger partial charge in [-0.25, -0.2) is 4.79 Å². The largest absolute Gasteiger partial charge is 0.482 e. The van der Waals surface area contributed by atoms with Crippen molar-refractivity contribution >= 4 is 29.3 Å². The third-order valence-electron chi connectivity index (χ3n) is 3.43. The van der Waals surface area contributed by atoms with Crippen LogP contribution in [0.2, 0.25) is 0 Å². The van der Waals surface area contributed by atoms with Gasteiger partial charge in [-0.2, -0.15) is 0 Å². The Morgan fingerprint density at radius 3 is 2.44 bits per heavy atom. The van der Waals surface area contributed by atoms with E-state index in [0.717, 1.165) is 0 Å². The second-order valence-electron chi connectivity index (χ2n) is 5.49. The molecule has 2 amide bonds. The third-order valence-corrected chi connectivity index (χ3v) is 3.43. The molecule has 0 aliphatic heterocycles. The molecule has 0 saturated carbocycles. The highest BCUT2D eigenvalue weighted by molar-refractivity contribution is 6.03. The second-order valence-corrected chi connectivity index (χ2v) is 5.49. The summed E-state index contributed by atoms with van der Waals surface area (Å²) in [5.41, 5.74) is 6.05. The van der Waals surface area contributed by atoms with Crippen molar-refractivity contribution in [2.24, 2.45) is 5.73 Å². The van der Waals surface area contributed by atoms with Crippen LogP contribution in [-0.4, -0.2) is 36.8 Å². The summed E-state index contributed by atoms with van der Waals surface area (Å²) in [4.78, 5) is 46.2. The molecule has 2 rings (SSSR count). The van der Waals surface area contributed by atoms with Gasteiger partial charge in [-0.1, -0.05) is 24.3 Å². The number of esters is 1. The first-order valence-corrected chi connectivity index (χ1v) is 7.95. The number of hydrogen-bond acceptors (Lipinski definition) is 6. The lowest BCUT2D eigenvalue weighted by molar-refractivity contribution is -0.149.